The second-order valence-electron chi connectivity index (χ2n) is 3.72. The number of aryl methyl sites for hydroxylation is 1. The van der Waals surface area contributed by atoms with Crippen molar-refractivity contribution >= 4 is 5.91 Å². The van der Waals surface area contributed by atoms with Crippen LogP contribution in [0, 0.1) is 12.7 Å². The van der Waals surface area contributed by atoms with Gasteiger partial charge in [0.25, 0.3) is 5.91 Å². The molecule has 0 aliphatic carbocycles. The Morgan fingerprint density at radius 3 is 2.41 bits per heavy atom. The maximum atomic E-state index is 13.5. The third-order valence-corrected chi connectivity index (χ3v) is 2.38. The van der Waals surface area contributed by atoms with E-state index in [1.807, 2.05) is 0 Å². The van der Waals surface area contributed by atoms with Crippen LogP contribution >= 0.6 is 0 Å². The fourth-order valence-electron chi connectivity index (χ4n) is 1.53. The van der Waals surface area contributed by atoms with Gasteiger partial charge in [0.05, 0.1) is 18.8 Å². The first-order valence-electron chi connectivity index (χ1n) is 5.37. The number of hydrogen-bond acceptors (Lipinski definition) is 3. The highest BCUT2D eigenvalue weighted by atomic mass is 19.1. The summed E-state index contributed by atoms with van der Waals surface area (Å²) >= 11 is 0. The van der Waals surface area contributed by atoms with Gasteiger partial charge in [-0.15, -0.1) is 0 Å². The standard InChI is InChI=1S/C12H16FNO3/c1-9-2-3-11(13)10(8-9)12(17)14(4-6-15)5-7-16/h2-3,8,15-16H,4-7H2,1H3. The Kier molecular flexibility index (Phi) is 5.06. The molecular formula is C12H16FNO3. The summed E-state index contributed by atoms with van der Waals surface area (Å²) in [6, 6.07) is 4.27. The number of carbonyl (C=O) groups excluding carboxylic acids is 1. The number of amides is 1. The molecule has 1 amide bonds. The zero-order chi connectivity index (χ0) is 12.8. The second kappa shape index (κ2) is 6.32. The number of rotatable bonds is 5. The van der Waals surface area contributed by atoms with Crippen LogP contribution in [0.3, 0.4) is 0 Å². The van der Waals surface area contributed by atoms with Gasteiger partial charge in [0.15, 0.2) is 0 Å². The van der Waals surface area contributed by atoms with E-state index >= 15 is 0 Å². The summed E-state index contributed by atoms with van der Waals surface area (Å²) < 4.78 is 13.5. The average molecular weight is 241 g/mol. The van der Waals surface area contributed by atoms with Crippen molar-refractivity contribution in [2.24, 2.45) is 0 Å². The van der Waals surface area contributed by atoms with Crippen LogP contribution in [0.2, 0.25) is 0 Å². The van der Waals surface area contributed by atoms with Gasteiger partial charge in [-0.1, -0.05) is 11.6 Å². The lowest BCUT2D eigenvalue weighted by Crippen LogP contribution is -2.36. The van der Waals surface area contributed by atoms with Gasteiger partial charge in [0.2, 0.25) is 0 Å². The van der Waals surface area contributed by atoms with Crippen molar-refractivity contribution in [2.75, 3.05) is 26.3 Å². The summed E-state index contributed by atoms with van der Waals surface area (Å²) in [5.74, 6) is -1.12. The van der Waals surface area contributed by atoms with Crippen LogP contribution in [0.5, 0.6) is 0 Å². The van der Waals surface area contributed by atoms with E-state index in [0.29, 0.717) is 0 Å². The minimum absolute atomic E-state index is 0.0353. The minimum Gasteiger partial charge on any atom is -0.395 e. The van der Waals surface area contributed by atoms with Crippen LogP contribution in [0.15, 0.2) is 18.2 Å². The lowest BCUT2D eigenvalue weighted by molar-refractivity contribution is 0.0680. The molecule has 0 bridgehead atoms. The molecule has 0 fully saturated rings. The molecule has 94 valence electrons. The maximum Gasteiger partial charge on any atom is 0.256 e. The van der Waals surface area contributed by atoms with E-state index in [4.69, 9.17) is 10.2 Å². The van der Waals surface area contributed by atoms with E-state index in [1.165, 1.54) is 17.0 Å². The first kappa shape index (κ1) is 13.6. The van der Waals surface area contributed by atoms with Crippen LogP contribution < -0.4 is 0 Å². The van der Waals surface area contributed by atoms with Gasteiger partial charge >= 0.3 is 0 Å². The monoisotopic (exact) mass is 241 g/mol. The summed E-state index contributed by atoms with van der Waals surface area (Å²) in [4.78, 5) is 13.2. The van der Waals surface area contributed by atoms with Crippen molar-refractivity contribution in [3.63, 3.8) is 0 Å². The van der Waals surface area contributed by atoms with Crippen LogP contribution in [0.4, 0.5) is 4.39 Å². The molecule has 0 spiro atoms. The molecule has 0 saturated heterocycles. The summed E-state index contributed by atoms with van der Waals surface area (Å²) in [6.45, 7) is 1.47. The molecule has 0 aliphatic heterocycles. The lowest BCUT2D eigenvalue weighted by atomic mass is 10.1. The number of aliphatic hydroxyl groups excluding tert-OH is 2. The van der Waals surface area contributed by atoms with E-state index in [0.717, 1.165) is 5.56 Å². The zero-order valence-corrected chi connectivity index (χ0v) is 9.69. The Balaban J connectivity index is 2.95. The fraction of sp³-hybridized carbons (Fsp3) is 0.417. The number of carbonyl (C=O) groups is 1. The van der Waals surface area contributed by atoms with Crippen LogP contribution in [-0.2, 0) is 0 Å². The molecule has 1 aromatic carbocycles. The Labute approximate surface area is 99.3 Å². The molecule has 5 heteroatoms. The highest BCUT2D eigenvalue weighted by Crippen LogP contribution is 2.12. The second-order valence-corrected chi connectivity index (χ2v) is 3.72. The molecule has 4 nitrogen and oxygen atoms in total. The van der Waals surface area contributed by atoms with Crippen molar-refractivity contribution in [1.82, 2.24) is 4.90 Å². The quantitative estimate of drug-likeness (QED) is 0.792. The minimum atomic E-state index is -0.596. The molecule has 0 atom stereocenters. The van der Waals surface area contributed by atoms with Gasteiger partial charge in [0.1, 0.15) is 5.82 Å². The molecule has 17 heavy (non-hydrogen) atoms. The molecular weight excluding hydrogens is 225 g/mol. The van der Waals surface area contributed by atoms with E-state index in [9.17, 15) is 9.18 Å². The molecule has 0 heterocycles. The predicted octanol–water partition coefficient (Wildman–Crippen LogP) is 0.561. The maximum absolute atomic E-state index is 13.5. The van der Waals surface area contributed by atoms with Crippen molar-refractivity contribution in [3.8, 4) is 0 Å². The van der Waals surface area contributed by atoms with Crippen molar-refractivity contribution in [3.05, 3.63) is 35.1 Å². The van der Waals surface area contributed by atoms with E-state index in [-0.39, 0.29) is 31.9 Å². The first-order chi connectivity index (χ1) is 8.10. The molecule has 0 radical (unpaired) electrons. The molecule has 0 aromatic heterocycles. The largest absolute Gasteiger partial charge is 0.395 e. The van der Waals surface area contributed by atoms with Crippen molar-refractivity contribution in [2.45, 2.75) is 6.92 Å². The molecule has 0 aliphatic rings. The van der Waals surface area contributed by atoms with Crippen molar-refractivity contribution in [1.29, 1.82) is 0 Å². The summed E-state index contributed by atoms with van der Waals surface area (Å²) in [5, 5.41) is 17.6. The molecule has 2 N–H and O–H groups in total. The van der Waals surface area contributed by atoms with Crippen LogP contribution in [-0.4, -0.2) is 47.3 Å². The van der Waals surface area contributed by atoms with Gasteiger partial charge in [-0.25, -0.2) is 4.39 Å². The molecule has 0 unspecified atom stereocenters. The summed E-state index contributed by atoms with van der Waals surface area (Å²) in [6.07, 6.45) is 0. The van der Waals surface area contributed by atoms with Crippen LogP contribution in [0.25, 0.3) is 0 Å². The predicted molar refractivity (Wildman–Crippen MR) is 61.2 cm³/mol. The van der Waals surface area contributed by atoms with Gasteiger partial charge in [-0.2, -0.15) is 0 Å². The number of halogens is 1. The van der Waals surface area contributed by atoms with Gasteiger partial charge < -0.3 is 15.1 Å². The summed E-state index contributed by atoms with van der Waals surface area (Å²) in [7, 11) is 0. The molecule has 0 saturated carbocycles. The van der Waals surface area contributed by atoms with E-state index in [2.05, 4.69) is 0 Å². The van der Waals surface area contributed by atoms with Gasteiger partial charge in [0, 0.05) is 13.1 Å². The SMILES string of the molecule is Cc1ccc(F)c(C(=O)N(CCO)CCO)c1. The van der Waals surface area contributed by atoms with E-state index in [1.54, 1.807) is 13.0 Å². The summed E-state index contributed by atoms with van der Waals surface area (Å²) in [5.41, 5.74) is 0.745. The molecule has 1 aromatic rings. The average Bonchev–Trinajstić information content (AvgIpc) is 2.31. The Morgan fingerprint density at radius 2 is 1.88 bits per heavy atom. The number of nitrogens with zero attached hydrogens (tertiary/aromatic N) is 1. The van der Waals surface area contributed by atoms with E-state index < -0.39 is 11.7 Å². The third kappa shape index (κ3) is 3.51. The number of benzene rings is 1. The zero-order valence-electron chi connectivity index (χ0n) is 9.69. The number of aliphatic hydroxyl groups is 2. The Morgan fingerprint density at radius 1 is 1.29 bits per heavy atom. The molecule has 1 rings (SSSR count). The third-order valence-electron chi connectivity index (χ3n) is 2.38. The van der Waals surface area contributed by atoms with Gasteiger partial charge in [-0.05, 0) is 19.1 Å². The van der Waals surface area contributed by atoms with Crippen molar-refractivity contribution < 1.29 is 19.4 Å². The van der Waals surface area contributed by atoms with Crippen LogP contribution in [0.1, 0.15) is 15.9 Å². The highest BCUT2D eigenvalue weighted by Gasteiger charge is 2.18. The first-order valence-corrected chi connectivity index (χ1v) is 5.37. The number of hydrogen-bond donors (Lipinski definition) is 2. The lowest BCUT2D eigenvalue weighted by Gasteiger charge is -2.21. The smallest absolute Gasteiger partial charge is 0.256 e. The highest BCUT2D eigenvalue weighted by molar-refractivity contribution is 5.94. The Hall–Kier alpha value is -1.46. The Bertz CT molecular complexity index is 389. The van der Waals surface area contributed by atoms with Gasteiger partial charge in [-0.3, -0.25) is 4.79 Å². The fourth-order valence-corrected chi connectivity index (χ4v) is 1.53. The normalized spacial score (nSPS) is 10.4. The topological polar surface area (TPSA) is 60.8 Å².